The summed E-state index contributed by atoms with van der Waals surface area (Å²) in [6.07, 6.45) is -2.61. The molecule has 0 N–H and O–H groups in total. The minimum Gasteiger partial charge on any atom is -0.298 e. The maximum atomic E-state index is 12.9. The van der Waals surface area contributed by atoms with Gasteiger partial charge in [0.2, 0.25) is 5.95 Å². The number of aromatic nitrogens is 1. The summed E-state index contributed by atoms with van der Waals surface area (Å²) in [5, 5.41) is 0.0166. The number of halogens is 4. The van der Waals surface area contributed by atoms with Gasteiger partial charge < -0.3 is 0 Å². The standard InChI is InChI=1S/C8H5BrF3NO/c9-2-6-5(7(10)11)1-4(3-14)8(12)13-6/h1,3,7H,2H2. The van der Waals surface area contributed by atoms with Crippen LogP contribution in [0.25, 0.3) is 0 Å². The first kappa shape index (κ1) is 11.2. The number of alkyl halides is 3. The van der Waals surface area contributed by atoms with Crippen molar-refractivity contribution in [3.63, 3.8) is 0 Å². The van der Waals surface area contributed by atoms with Crippen LogP contribution in [0.15, 0.2) is 6.07 Å². The maximum absolute atomic E-state index is 12.9. The zero-order valence-corrected chi connectivity index (χ0v) is 8.39. The second kappa shape index (κ2) is 4.54. The predicted molar refractivity (Wildman–Crippen MR) is 47.2 cm³/mol. The smallest absolute Gasteiger partial charge is 0.265 e. The molecule has 1 rings (SSSR count). The molecule has 0 spiro atoms. The molecule has 0 fully saturated rings. The number of carbonyl (C=O) groups is 1. The Hall–Kier alpha value is -0.910. The molecule has 0 amide bonds. The zero-order chi connectivity index (χ0) is 10.7. The average Bonchev–Trinajstić information content (AvgIpc) is 2.16. The molecule has 0 atom stereocenters. The van der Waals surface area contributed by atoms with E-state index in [1.54, 1.807) is 0 Å². The molecule has 0 saturated heterocycles. The van der Waals surface area contributed by atoms with Gasteiger partial charge in [-0.1, -0.05) is 15.9 Å². The molecule has 0 aliphatic carbocycles. The van der Waals surface area contributed by atoms with Crippen LogP contribution in [0, 0.1) is 5.95 Å². The van der Waals surface area contributed by atoms with Crippen molar-refractivity contribution in [2.24, 2.45) is 0 Å². The van der Waals surface area contributed by atoms with E-state index in [4.69, 9.17) is 0 Å². The van der Waals surface area contributed by atoms with Crippen LogP contribution in [0.1, 0.15) is 28.0 Å². The number of hydrogen-bond acceptors (Lipinski definition) is 2. The SMILES string of the molecule is O=Cc1cc(C(F)F)c(CBr)nc1F. The lowest BCUT2D eigenvalue weighted by Gasteiger charge is -2.06. The first-order valence-corrected chi connectivity index (χ1v) is 4.71. The summed E-state index contributed by atoms with van der Waals surface area (Å²) in [5.74, 6) is -1.03. The van der Waals surface area contributed by atoms with Crippen molar-refractivity contribution in [3.05, 3.63) is 28.8 Å². The van der Waals surface area contributed by atoms with E-state index >= 15 is 0 Å². The van der Waals surface area contributed by atoms with Crippen LogP contribution in [0.3, 0.4) is 0 Å². The number of pyridine rings is 1. The van der Waals surface area contributed by atoms with Gasteiger partial charge in [-0.2, -0.15) is 4.39 Å². The summed E-state index contributed by atoms with van der Waals surface area (Å²) in [5.41, 5.74) is -0.974. The van der Waals surface area contributed by atoms with Crippen LogP contribution in [-0.2, 0) is 5.33 Å². The van der Waals surface area contributed by atoms with Gasteiger partial charge in [0.1, 0.15) is 0 Å². The van der Waals surface area contributed by atoms with E-state index in [0.29, 0.717) is 0 Å². The van der Waals surface area contributed by atoms with Gasteiger partial charge in [-0.25, -0.2) is 13.8 Å². The zero-order valence-electron chi connectivity index (χ0n) is 6.81. The average molecular weight is 268 g/mol. The Labute approximate surface area is 86.3 Å². The molecule has 6 heteroatoms. The lowest BCUT2D eigenvalue weighted by Crippen LogP contribution is -2.02. The molecule has 14 heavy (non-hydrogen) atoms. The Morgan fingerprint density at radius 1 is 1.57 bits per heavy atom. The van der Waals surface area contributed by atoms with E-state index < -0.39 is 23.5 Å². The summed E-state index contributed by atoms with van der Waals surface area (Å²) < 4.78 is 37.6. The van der Waals surface area contributed by atoms with Crippen molar-refractivity contribution in [1.29, 1.82) is 0 Å². The predicted octanol–water partition coefficient (Wildman–Crippen LogP) is 2.87. The van der Waals surface area contributed by atoms with Gasteiger partial charge in [0, 0.05) is 10.9 Å². The fourth-order valence-electron chi connectivity index (χ4n) is 0.937. The molecule has 1 heterocycles. The molecule has 2 nitrogen and oxygen atoms in total. The van der Waals surface area contributed by atoms with Gasteiger partial charge in [-0.15, -0.1) is 0 Å². The van der Waals surface area contributed by atoms with Crippen molar-refractivity contribution in [1.82, 2.24) is 4.98 Å². The summed E-state index contributed by atoms with van der Waals surface area (Å²) in [7, 11) is 0. The molecule has 1 aromatic rings. The largest absolute Gasteiger partial charge is 0.298 e. The lowest BCUT2D eigenvalue weighted by atomic mass is 10.1. The Kier molecular flexibility index (Phi) is 3.62. The highest BCUT2D eigenvalue weighted by molar-refractivity contribution is 9.08. The Balaban J connectivity index is 3.32. The number of aldehydes is 1. The highest BCUT2D eigenvalue weighted by atomic mass is 79.9. The number of carbonyl (C=O) groups excluding carboxylic acids is 1. The third-order valence-corrected chi connectivity index (χ3v) is 2.14. The molecule has 0 aromatic carbocycles. The maximum Gasteiger partial charge on any atom is 0.265 e. The van der Waals surface area contributed by atoms with Gasteiger partial charge >= 0.3 is 0 Å². The van der Waals surface area contributed by atoms with E-state index in [9.17, 15) is 18.0 Å². The topological polar surface area (TPSA) is 30.0 Å². The number of rotatable bonds is 3. The summed E-state index contributed by atoms with van der Waals surface area (Å²) in [6, 6.07) is 0.816. The van der Waals surface area contributed by atoms with Crippen molar-refractivity contribution in [3.8, 4) is 0 Å². The molecule has 0 radical (unpaired) electrons. The molecule has 76 valence electrons. The first-order chi connectivity index (χ1) is 6.60. The van der Waals surface area contributed by atoms with Crippen molar-refractivity contribution in [2.45, 2.75) is 11.8 Å². The number of nitrogens with zero attached hydrogens (tertiary/aromatic N) is 1. The minimum absolute atomic E-state index is 0.0166. The molecule has 0 unspecified atom stereocenters. The van der Waals surface area contributed by atoms with E-state index in [2.05, 4.69) is 20.9 Å². The van der Waals surface area contributed by atoms with Crippen LogP contribution in [0.5, 0.6) is 0 Å². The molecular weight excluding hydrogens is 263 g/mol. The molecule has 0 aliphatic rings. The van der Waals surface area contributed by atoms with Crippen LogP contribution in [-0.4, -0.2) is 11.3 Å². The number of hydrogen-bond donors (Lipinski definition) is 0. The quantitative estimate of drug-likeness (QED) is 0.479. The van der Waals surface area contributed by atoms with Crippen molar-refractivity contribution >= 4 is 22.2 Å². The molecular formula is C8H5BrF3NO. The van der Waals surface area contributed by atoms with Crippen molar-refractivity contribution in [2.75, 3.05) is 0 Å². The normalized spacial score (nSPS) is 10.6. The highest BCUT2D eigenvalue weighted by Gasteiger charge is 2.17. The molecule has 0 bridgehead atoms. The lowest BCUT2D eigenvalue weighted by molar-refractivity contribution is 0.111. The van der Waals surface area contributed by atoms with E-state index in [1.807, 2.05) is 0 Å². The van der Waals surface area contributed by atoms with E-state index in [1.165, 1.54) is 0 Å². The van der Waals surface area contributed by atoms with Gasteiger partial charge in [0.25, 0.3) is 6.43 Å². The highest BCUT2D eigenvalue weighted by Crippen LogP contribution is 2.24. The third kappa shape index (κ3) is 2.12. The van der Waals surface area contributed by atoms with Crippen LogP contribution in [0.4, 0.5) is 13.2 Å². The fraction of sp³-hybridized carbons (Fsp3) is 0.250. The monoisotopic (exact) mass is 267 g/mol. The van der Waals surface area contributed by atoms with Gasteiger partial charge in [0.05, 0.1) is 11.3 Å². The Bertz CT molecular complexity index is 357. The van der Waals surface area contributed by atoms with E-state index in [-0.39, 0.29) is 17.3 Å². The van der Waals surface area contributed by atoms with Gasteiger partial charge in [0.15, 0.2) is 6.29 Å². The Morgan fingerprint density at radius 2 is 2.21 bits per heavy atom. The summed E-state index contributed by atoms with van der Waals surface area (Å²) >= 11 is 2.91. The van der Waals surface area contributed by atoms with Crippen molar-refractivity contribution < 1.29 is 18.0 Å². The van der Waals surface area contributed by atoms with Gasteiger partial charge in [-0.3, -0.25) is 4.79 Å². The minimum atomic E-state index is -2.77. The summed E-state index contributed by atoms with van der Waals surface area (Å²) in [4.78, 5) is 13.5. The first-order valence-electron chi connectivity index (χ1n) is 3.58. The third-order valence-electron chi connectivity index (χ3n) is 1.60. The second-order valence-electron chi connectivity index (χ2n) is 2.46. The van der Waals surface area contributed by atoms with Crippen LogP contribution in [0.2, 0.25) is 0 Å². The summed E-state index contributed by atoms with van der Waals surface area (Å²) in [6.45, 7) is 0. The fourth-order valence-corrected chi connectivity index (χ4v) is 1.39. The van der Waals surface area contributed by atoms with E-state index in [0.717, 1.165) is 6.07 Å². The van der Waals surface area contributed by atoms with Crippen LogP contribution < -0.4 is 0 Å². The molecule has 0 saturated carbocycles. The second-order valence-corrected chi connectivity index (χ2v) is 3.02. The Morgan fingerprint density at radius 3 is 2.64 bits per heavy atom. The van der Waals surface area contributed by atoms with Crippen LogP contribution >= 0.6 is 15.9 Å². The molecule has 0 aliphatic heterocycles. The molecule has 1 aromatic heterocycles. The van der Waals surface area contributed by atoms with Gasteiger partial charge in [-0.05, 0) is 6.07 Å².